The van der Waals surface area contributed by atoms with Gasteiger partial charge in [-0.2, -0.15) is 0 Å². The van der Waals surface area contributed by atoms with Crippen molar-refractivity contribution >= 4 is 46.3 Å². The van der Waals surface area contributed by atoms with Gasteiger partial charge in [-0.15, -0.1) is 21.5 Å². The number of fused-ring (bicyclic) bond motifs is 1. The lowest BCUT2D eigenvalue weighted by atomic mass is 10.2. The van der Waals surface area contributed by atoms with Gasteiger partial charge in [0.1, 0.15) is 16.6 Å². The first-order chi connectivity index (χ1) is 16.6. The zero-order valence-corrected chi connectivity index (χ0v) is 21.3. The summed E-state index contributed by atoms with van der Waals surface area (Å²) in [6, 6.07) is 11.1. The van der Waals surface area contributed by atoms with Crippen LogP contribution in [0.5, 0.6) is 17.2 Å². The van der Waals surface area contributed by atoms with Gasteiger partial charge in [-0.05, 0) is 42.8 Å². The molecule has 3 heterocycles. The molecule has 0 unspecified atom stereocenters. The second-order valence-electron chi connectivity index (χ2n) is 7.49. The van der Waals surface area contributed by atoms with Crippen LogP contribution in [0, 0.1) is 0 Å². The molecule has 0 saturated heterocycles. The van der Waals surface area contributed by atoms with E-state index in [0.717, 1.165) is 51.6 Å². The maximum atomic E-state index is 6.14. The Hall–Kier alpha value is -2.46. The van der Waals surface area contributed by atoms with Gasteiger partial charge >= 0.3 is 0 Å². The van der Waals surface area contributed by atoms with Crippen molar-refractivity contribution in [3.05, 3.63) is 63.3 Å². The average Bonchev–Trinajstić information content (AvgIpc) is 3.56. The molecule has 0 spiro atoms. The molecule has 2 aromatic carbocycles. The van der Waals surface area contributed by atoms with Crippen LogP contribution in [0.1, 0.15) is 17.9 Å². The van der Waals surface area contributed by atoms with E-state index in [0.29, 0.717) is 28.2 Å². The van der Waals surface area contributed by atoms with Gasteiger partial charge in [0.15, 0.2) is 16.7 Å². The lowest BCUT2D eigenvalue weighted by Crippen LogP contribution is -2.04. The number of benzene rings is 2. The lowest BCUT2D eigenvalue weighted by Gasteiger charge is -2.08. The summed E-state index contributed by atoms with van der Waals surface area (Å²) in [7, 11) is 1.98. The van der Waals surface area contributed by atoms with Crippen LogP contribution in [-0.2, 0) is 19.2 Å². The molecule has 34 heavy (non-hydrogen) atoms. The molecule has 2 aromatic heterocycles. The Balaban J connectivity index is 1.13. The quantitative estimate of drug-likeness (QED) is 0.185. The van der Waals surface area contributed by atoms with Gasteiger partial charge in [0.25, 0.3) is 0 Å². The molecule has 0 aliphatic carbocycles. The number of aryl methyl sites for hydroxylation is 1. The molecular weight excluding hydrogens is 515 g/mol. The fraction of sp³-hybridized carbons (Fsp3) is 0.261. The first-order valence-electron chi connectivity index (χ1n) is 10.5. The predicted molar refractivity (Wildman–Crippen MR) is 135 cm³/mol. The first kappa shape index (κ1) is 23.3. The standard InChI is InChI=1S/C23H20Cl2N4O3S2/c1-29-21(3-2-8-30-18-7-5-15(24)10-17(18)25)27-28-23(29)34-12-16-11-33-22(26-16)14-4-6-19-20(9-14)32-13-31-19/h4-7,9-11H,2-3,8,12-13H2,1H3. The van der Waals surface area contributed by atoms with Crippen molar-refractivity contribution < 1.29 is 14.2 Å². The summed E-state index contributed by atoms with van der Waals surface area (Å²) in [6.45, 7) is 0.792. The van der Waals surface area contributed by atoms with E-state index in [1.165, 1.54) is 0 Å². The van der Waals surface area contributed by atoms with Crippen LogP contribution in [0.25, 0.3) is 10.6 Å². The van der Waals surface area contributed by atoms with Gasteiger partial charge < -0.3 is 18.8 Å². The Kier molecular flexibility index (Phi) is 7.15. The summed E-state index contributed by atoms with van der Waals surface area (Å²) >= 11 is 15.3. The molecule has 0 fully saturated rings. The minimum Gasteiger partial charge on any atom is -0.492 e. The van der Waals surface area contributed by atoms with Crippen LogP contribution in [0.4, 0.5) is 0 Å². The number of rotatable bonds is 9. The summed E-state index contributed by atoms with van der Waals surface area (Å²) in [5.41, 5.74) is 2.02. The normalized spacial score (nSPS) is 12.3. The molecule has 0 radical (unpaired) electrons. The predicted octanol–water partition coefficient (Wildman–Crippen LogP) is 6.28. The molecule has 0 N–H and O–H groups in total. The first-order valence-corrected chi connectivity index (χ1v) is 13.1. The van der Waals surface area contributed by atoms with E-state index in [-0.39, 0.29) is 6.79 Å². The van der Waals surface area contributed by atoms with E-state index in [9.17, 15) is 0 Å². The van der Waals surface area contributed by atoms with Crippen LogP contribution >= 0.6 is 46.3 Å². The van der Waals surface area contributed by atoms with Crippen molar-refractivity contribution in [2.75, 3.05) is 13.4 Å². The lowest BCUT2D eigenvalue weighted by molar-refractivity contribution is 0.174. The van der Waals surface area contributed by atoms with E-state index in [1.54, 1.807) is 41.3 Å². The van der Waals surface area contributed by atoms with E-state index in [1.807, 2.05) is 29.8 Å². The SMILES string of the molecule is Cn1c(CCCOc2ccc(Cl)cc2Cl)nnc1SCc1csc(-c2ccc3c(c2)OCO3)n1. The molecule has 0 bridgehead atoms. The second-order valence-corrected chi connectivity index (χ2v) is 10.1. The molecule has 4 aromatic rings. The third kappa shape index (κ3) is 5.27. The third-order valence-electron chi connectivity index (χ3n) is 5.14. The van der Waals surface area contributed by atoms with E-state index < -0.39 is 0 Å². The topological polar surface area (TPSA) is 71.3 Å². The van der Waals surface area contributed by atoms with E-state index >= 15 is 0 Å². The summed E-state index contributed by atoms with van der Waals surface area (Å²) in [6.07, 6.45) is 1.54. The van der Waals surface area contributed by atoms with E-state index in [4.69, 9.17) is 42.4 Å². The van der Waals surface area contributed by atoms with Gasteiger partial charge in [-0.3, -0.25) is 0 Å². The number of hydrogen-bond acceptors (Lipinski definition) is 8. The van der Waals surface area contributed by atoms with Gasteiger partial charge in [-0.25, -0.2) is 4.98 Å². The highest BCUT2D eigenvalue weighted by molar-refractivity contribution is 7.98. The molecule has 176 valence electrons. The molecular formula is C23H20Cl2N4O3S2. The fourth-order valence-electron chi connectivity index (χ4n) is 3.37. The Labute approximate surface area is 215 Å². The molecule has 1 aliphatic rings. The number of aromatic nitrogens is 4. The maximum Gasteiger partial charge on any atom is 0.231 e. The Morgan fingerprint density at radius 1 is 1.12 bits per heavy atom. The number of halogens is 2. The van der Waals surface area contributed by atoms with Crippen LogP contribution in [0.15, 0.2) is 46.9 Å². The zero-order valence-electron chi connectivity index (χ0n) is 18.2. The zero-order chi connectivity index (χ0) is 23.5. The van der Waals surface area contributed by atoms with E-state index in [2.05, 4.69) is 15.6 Å². The summed E-state index contributed by atoms with van der Waals surface area (Å²) < 4.78 is 18.6. The van der Waals surface area contributed by atoms with Crippen molar-refractivity contribution in [3.63, 3.8) is 0 Å². The highest BCUT2D eigenvalue weighted by atomic mass is 35.5. The van der Waals surface area contributed by atoms with Gasteiger partial charge in [-0.1, -0.05) is 35.0 Å². The van der Waals surface area contributed by atoms with Gasteiger partial charge in [0.05, 0.1) is 17.3 Å². The number of thiazole rings is 1. The molecule has 7 nitrogen and oxygen atoms in total. The molecule has 11 heteroatoms. The van der Waals surface area contributed by atoms with Crippen molar-refractivity contribution in [1.29, 1.82) is 0 Å². The number of hydrogen-bond donors (Lipinski definition) is 0. The Morgan fingerprint density at radius 2 is 2.00 bits per heavy atom. The average molecular weight is 535 g/mol. The van der Waals surface area contributed by atoms with Crippen LogP contribution in [-0.4, -0.2) is 33.1 Å². The van der Waals surface area contributed by atoms with Crippen LogP contribution < -0.4 is 14.2 Å². The fourth-order valence-corrected chi connectivity index (χ4v) is 5.57. The van der Waals surface area contributed by atoms with Crippen LogP contribution in [0.2, 0.25) is 10.0 Å². The highest BCUT2D eigenvalue weighted by Gasteiger charge is 2.16. The summed E-state index contributed by atoms with van der Waals surface area (Å²) in [5, 5.41) is 13.7. The Bertz CT molecular complexity index is 1310. The highest BCUT2D eigenvalue weighted by Crippen LogP contribution is 2.37. The van der Waals surface area contributed by atoms with Crippen molar-refractivity contribution in [2.24, 2.45) is 7.05 Å². The largest absolute Gasteiger partial charge is 0.492 e. The third-order valence-corrected chi connectivity index (χ3v) is 7.67. The minimum absolute atomic E-state index is 0.266. The number of nitrogens with zero attached hydrogens (tertiary/aromatic N) is 4. The van der Waals surface area contributed by atoms with Crippen molar-refractivity contribution in [2.45, 2.75) is 23.8 Å². The van der Waals surface area contributed by atoms with Gasteiger partial charge in [0.2, 0.25) is 6.79 Å². The van der Waals surface area contributed by atoms with Crippen molar-refractivity contribution in [1.82, 2.24) is 19.7 Å². The second kappa shape index (κ2) is 10.4. The molecule has 0 amide bonds. The van der Waals surface area contributed by atoms with Crippen LogP contribution in [0.3, 0.4) is 0 Å². The van der Waals surface area contributed by atoms with Gasteiger partial charge in [0, 0.05) is 35.2 Å². The summed E-state index contributed by atoms with van der Waals surface area (Å²) in [5.74, 6) is 3.79. The maximum absolute atomic E-state index is 6.14. The Morgan fingerprint density at radius 3 is 2.88 bits per heavy atom. The molecule has 5 rings (SSSR count). The number of thioether (sulfide) groups is 1. The monoisotopic (exact) mass is 534 g/mol. The molecule has 1 aliphatic heterocycles. The summed E-state index contributed by atoms with van der Waals surface area (Å²) in [4.78, 5) is 4.77. The number of ether oxygens (including phenoxy) is 3. The molecule has 0 atom stereocenters. The minimum atomic E-state index is 0.266. The van der Waals surface area contributed by atoms with Crippen molar-refractivity contribution in [3.8, 4) is 27.8 Å². The smallest absolute Gasteiger partial charge is 0.231 e. The molecule has 0 saturated carbocycles.